The van der Waals surface area contributed by atoms with Crippen LogP contribution >= 0.6 is 11.6 Å². The number of esters is 1. The molecule has 1 heterocycles. The third kappa shape index (κ3) is 1.81. The lowest BCUT2D eigenvalue weighted by molar-refractivity contribution is -0.139. The fourth-order valence-corrected chi connectivity index (χ4v) is 1.77. The Balaban J connectivity index is 2.37. The second-order valence-electron chi connectivity index (χ2n) is 3.30. The lowest BCUT2D eigenvalue weighted by Crippen LogP contribution is -2.30. The number of nitrogens with zero attached hydrogens (tertiary/aromatic N) is 1. The van der Waals surface area contributed by atoms with Gasteiger partial charge in [-0.05, 0) is 17.7 Å². The van der Waals surface area contributed by atoms with Crippen LogP contribution in [0, 0.1) is 0 Å². The monoisotopic (exact) mass is 241 g/mol. The maximum absolute atomic E-state index is 11.4. The van der Waals surface area contributed by atoms with Gasteiger partial charge < -0.3 is 9.84 Å². The zero-order chi connectivity index (χ0) is 11.7. The summed E-state index contributed by atoms with van der Waals surface area (Å²) in [6.45, 7) is -0.245. The minimum absolute atomic E-state index is 0.245. The van der Waals surface area contributed by atoms with E-state index in [1.54, 1.807) is 24.3 Å². The molecular weight excluding hydrogens is 234 g/mol. The second kappa shape index (κ2) is 4.02. The van der Waals surface area contributed by atoms with Crippen LogP contribution < -0.4 is 0 Å². The molecule has 84 valence electrons. The van der Waals surface area contributed by atoms with E-state index >= 15 is 0 Å². The number of benzene rings is 1. The van der Waals surface area contributed by atoms with Crippen LogP contribution in [-0.2, 0) is 9.53 Å². The van der Waals surface area contributed by atoms with Gasteiger partial charge in [0.25, 0.3) is 0 Å². The maximum Gasteiger partial charge on any atom is 0.411 e. The van der Waals surface area contributed by atoms with Gasteiger partial charge in [0.2, 0.25) is 0 Å². The van der Waals surface area contributed by atoms with Gasteiger partial charge in [0, 0.05) is 5.02 Å². The summed E-state index contributed by atoms with van der Waals surface area (Å²) in [5.74, 6) is -0.579. The number of ether oxygens (including phenoxy) is 1. The predicted molar refractivity (Wildman–Crippen MR) is 55.0 cm³/mol. The SMILES string of the molecule is O=C1OCN(C(=O)O)C1c1cccc(Cl)c1. The lowest BCUT2D eigenvalue weighted by atomic mass is 10.1. The van der Waals surface area contributed by atoms with E-state index in [4.69, 9.17) is 21.4 Å². The molecule has 1 aromatic rings. The number of cyclic esters (lactones) is 1. The molecule has 0 aromatic heterocycles. The van der Waals surface area contributed by atoms with Crippen LogP contribution in [0.2, 0.25) is 5.02 Å². The molecular formula is C10H8ClNO4. The Morgan fingerprint density at radius 3 is 2.94 bits per heavy atom. The molecule has 2 rings (SSSR count). The van der Waals surface area contributed by atoms with Crippen molar-refractivity contribution in [2.24, 2.45) is 0 Å². The van der Waals surface area contributed by atoms with Gasteiger partial charge in [0.05, 0.1) is 0 Å². The number of amides is 1. The summed E-state index contributed by atoms with van der Waals surface area (Å²) in [6, 6.07) is 5.57. The zero-order valence-electron chi connectivity index (χ0n) is 8.09. The topological polar surface area (TPSA) is 66.8 Å². The summed E-state index contributed by atoms with van der Waals surface area (Å²) in [5, 5.41) is 9.34. The number of carbonyl (C=O) groups is 2. The van der Waals surface area contributed by atoms with Crippen molar-refractivity contribution in [3.05, 3.63) is 34.9 Å². The van der Waals surface area contributed by atoms with Gasteiger partial charge in [0.15, 0.2) is 12.8 Å². The van der Waals surface area contributed by atoms with Crippen LogP contribution in [0.3, 0.4) is 0 Å². The average molecular weight is 242 g/mol. The van der Waals surface area contributed by atoms with Crippen LogP contribution in [0.4, 0.5) is 4.79 Å². The molecule has 1 aliphatic rings. The van der Waals surface area contributed by atoms with Gasteiger partial charge in [-0.3, -0.25) is 4.90 Å². The minimum Gasteiger partial charge on any atom is -0.465 e. The van der Waals surface area contributed by atoms with E-state index in [1.165, 1.54) is 0 Å². The smallest absolute Gasteiger partial charge is 0.411 e. The minimum atomic E-state index is -1.20. The Kier molecular flexibility index (Phi) is 2.70. The maximum atomic E-state index is 11.4. The van der Waals surface area contributed by atoms with Crippen molar-refractivity contribution in [1.29, 1.82) is 0 Å². The number of carboxylic acid groups (broad SMARTS) is 1. The van der Waals surface area contributed by atoms with E-state index in [0.717, 1.165) is 4.90 Å². The summed E-state index contributed by atoms with van der Waals surface area (Å²) < 4.78 is 4.70. The van der Waals surface area contributed by atoms with Crippen molar-refractivity contribution in [2.75, 3.05) is 6.73 Å². The Labute approximate surface area is 96.2 Å². The number of halogens is 1. The molecule has 16 heavy (non-hydrogen) atoms. The Morgan fingerprint density at radius 1 is 1.56 bits per heavy atom. The van der Waals surface area contributed by atoms with E-state index in [1.807, 2.05) is 0 Å². The summed E-state index contributed by atoms with van der Waals surface area (Å²) in [6.07, 6.45) is -1.20. The van der Waals surface area contributed by atoms with Crippen LogP contribution in [0.1, 0.15) is 11.6 Å². The number of hydrogen-bond acceptors (Lipinski definition) is 3. The summed E-state index contributed by atoms with van der Waals surface area (Å²) >= 11 is 5.78. The van der Waals surface area contributed by atoms with Gasteiger partial charge in [-0.1, -0.05) is 23.7 Å². The van der Waals surface area contributed by atoms with Crippen molar-refractivity contribution >= 4 is 23.7 Å². The standard InChI is InChI=1S/C10H8ClNO4/c11-7-3-1-2-6(4-7)8-9(13)16-5-12(8)10(14)15/h1-4,8H,5H2,(H,14,15). The van der Waals surface area contributed by atoms with Gasteiger partial charge in [-0.2, -0.15) is 0 Å². The molecule has 1 unspecified atom stereocenters. The van der Waals surface area contributed by atoms with Crippen LogP contribution in [0.5, 0.6) is 0 Å². The summed E-state index contributed by atoms with van der Waals surface area (Å²) in [4.78, 5) is 23.2. The first kappa shape index (κ1) is 10.8. The quantitative estimate of drug-likeness (QED) is 0.763. The molecule has 5 nitrogen and oxygen atoms in total. The fraction of sp³-hybridized carbons (Fsp3) is 0.200. The Bertz CT molecular complexity index is 448. The van der Waals surface area contributed by atoms with E-state index < -0.39 is 18.1 Å². The zero-order valence-corrected chi connectivity index (χ0v) is 8.85. The third-order valence-electron chi connectivity index (χ3n) is 2.29. The molecule has 0 radical (unpaired) electrons. The van der Waals surface area contributed by atoms with E-state index in [0.29, 0.717) is 10.6 Å². The molecule has 1 N–H and O–H groups in total. The van der Waals surface area contributed by atoms with Gasteiger partial charge in [-0.15, -0.1) is 0 Å². The van der Waals surface area contributed by atoms with Gasteiger partial charge in [0.1, 0.15) is 0 Å². The van der Waals surface area contributed by atoms with Crippen LogP contribution in [0.15, 0.2) is 24.3 Å². The van der Waals surface area contributed by atoms with E-state index in [9.17, 15) is 9.59 Å². The van der Waals surface area contributed by atoms with Crippen molar-refractivity contribution in [1.82, 2.24) is 4.90 Å². The number of rotatable bonds is 1. The lowest BCUT2D eigenvalue weighted by Gasteiger charge is -2.16. The first-order chi connectivity index (χ1) is 7.59. The molecule has 1 aliphatic heterocycles. The van der Waals surface area contributed by atoms with E-state index in [-0.39, 0.29) is 6.73 Å². The van der Waals surface area contributed by atoms with E-state index in [2.05, 4.69) is 0 Å². The van der Waals surface area contributed by atoms with Crippen LogP contribution in [-0.4, -0.2) is 28.8 Å². The molecule has 1 saturated heterocycles. The Hall–Kier alpha value is -1.75. The molecule has 1 amide bonds. The van der Waals surface area contributed by atoms with Gasteiger partial charge >= 0.3 is 12.1 Å². The number of hydrogen-bond donors (Lipinski definition) is 1. The highest BCUT2D eigenvalue weighted by molar-refractivity contribution is 6.30. The largest absolute Gasteiger partial charge is 0.465 e. The van der Waals surface area contributed by atoms with Crippen LogP contribution in [0.25, 0.3) is 0 Å². The predicted octanol–water partition coefficient (Wildman–Crippen LogP) is 1.88. The molecule has 1 aromatic carbocycles. The highest BCUT2D eigenvalue weighted by Gasteiger charge is 2.39. The van der Waals surface area contributed by atoms with Crippen molar-refractivity contribution in [3.63, 3.8) is 0 Å². The molecule has 0 bridgehead atoms. The molecule has 1 fully saturated rings. The molecule has 0 saturated carbocycles. The Morgan fingerprint density at radius 2 is 2.31 bits per heavy atom. The molecule has 1 atom stereocenters. The van der Waals surface area contributed by atoms with Crippen molar-refractivity contribution < 1.29 is 19.4 Å². The normalized spacial score (nSPS) is 19.7. The molecule has 0 spiro atoms. The molecule has 0 aliphatic carbocycles. The van der Waals surface area contributed by atoms with Crippen molar-refractivity contribution in [2.45, 2.75) is 6.04 Å². The number of carbonyl (C=O) groups excluding carboxylic acids is 1. The first-order valence-electron chi connectivity index (χ1n) is 4.51. The first-order valence-corrected chi connectivity index (χ1v) is 4.89. The summed E-state index contributed by atoms with van der Waals surface area (Å²) in [5.41, 5.74) is 0.511. The molecule has 6 heteroatoms. The second-order valence-corrected chi connectivity index (χ2v) is 3.74. The van der Waals surface area contributed by atoms with Gasteiger partial charge in [-0.25, -0.2) is 9.59 Å². The van der Waals surface area contributed by atoms with Crippen molar-refractivity contribution in [3.8, 4) is 0 Å². The third-order valence-corrected chi connectivity index (χ3v) is 2.53. The highest BCUT2D eigenvalue weighted by Crippen LogP contribution is 2.28. The summed E-state index contributed by atoms with van der Waals surface area (Å²) in [7, 11) is 0. The average Bonchev–Trinajstić information content (AvgIpc) is 2.60. The highest BCUT2D eigenvalue weighted by atomic mass is 35.5. The fourth-order valence-electron chi connectivity index (χ4n) is 1.57.